The number of carbonyl (C=O) groups is 2. The average Bonchev–Trinajstić information content (AvgIpc) is 3.38. The number of imide groups is 1. The molecule has 0 unspecified atom stereocenters. The molecule has 6 heteroatoms. The molecule has 0 spiro atoms. The lowest BCUT2D eigenvalue weighted by atomic mass is 9.78. The van der Waals surface area contributed by atoms with Gasteiger partial charge in [-0.1, -0.05) is 55.5 Å². The highest BCUT2D eigenvalue weighted by Crippen LogP contribution is 2.50. The van der Waals surface area contributed by atoms with Crippen molar-refractivity contribution < 1.29 is 14.3 Å². The van der Waals surface area contributed by atoms with Crippen molar-refractivity contribution in [3.05, 3.63) is 95.2 Å². The minimum Gasteiger partial charge on any atom is -0.497 e. The molecule has 176 valence electrons. The Bertz CT molecular complexity index is 1470. The molecule has 3 amide bonds. The Morgan fingerprint density at radius 3 is 2.54 bits per heavy atom. The first-order chi connectivity index (χ1) is 17.0. The van der Waals surface area contributed by atoms with Crippen LogP contribution in [0.3, 0.4) is 0 Å². The van der Waals surface area contributed by atoms with E-state index in [9.17, 15) is 9.59 Å². The molecule has 0 aliphatic carbocycles. The SMILES string of the molecule is CCc1ccc([C@@H]2CN3C(=O)N(c4cccc(OC)c4)C(=O)[C@]3(C)c3[nH]c4ccccc4c32)cc1. The van der Waals surface area contributed by atoms with Crippen molar-refractivity contribution in [1.29, 1.82) is 0 Å². The van der Waals surface area contributed by atoms with Gasteiger partial charge in [0.1, 0.15) is 5.75 Å². The van der Waals surface area contributed by atoms with Crippen molar-refractivity contribution in [2.75, 3.05) is 18.6 Å². The smallest absolute Gasteiger partial charge is 0.332 e. The minimum absolute atomic E-state index is 0.0536. The summed E-state index contributed by atoms with van der Waals surface area (Å²) < 4.78 is 5.35. The number of nitrogens with one attached hydrogen (secondary N) is 1. The summed E-state index contributed by atoms with van der Waals surface area (Å²) in [5, 5.41) is 1.09. The second kappa shape index (κ2) is 7.73. The van der Waals surface area contributed by atoms with Crippen LogP contribution in [0.1, 0.15) is 42.1 Å². The molecule has 3 heterocycles. The monoisotopic (exact) mass is 465 g/mol. The highest BCUT2D eigenvalue weighted by atomic mass is 16.5. The van der Waals surface area contributed by atoms with Gasteiger partial charge in [-0.25, -0.2) is 9.69 Å². The van der Waals surface area contributed by atoms with Gasteiger partial charge in [-0.3, -0.25) is 4.79 Å². The first-order valence-electron chi connectivity index (χ1n) is 12.0. The molecular formula is C29H27N3O3. The van der Waals surface area contributed by atoms with Crippen molar-refractivity contribution in [2.45, 2.75) is 31.7 Å². The fourth-order valence-electron chi connectivity index (χ4n) is 5.65. The number of anilines is 1. The summed E-state index contributed by atoms with van der Waals surface area (Å²) in [6, 6.07) is 23.5. The van der Waals surface area contributed by atoms with Crippen LogP contribution in [0.4, 0.5) is 10.5 Å². The number of hydrogen-bond donors (Lipinski definition) is 1. The topological polar surface area (TPSA) is 65.6 Å². The normalized spacial score (nSPS) is 21.4. The number of aromatic nitrogens is 1. The zero-order chi connectivity index (χ0) is 24.3. The molecule has 1 saturated heterocycles. The number of benzene rings is 3. The lowest BCUT2D eigenvalue weighted by molar-refractivity contribution is -0.125. The van der Waals surface area contributed by atoms with Crippen molar-refractivity contribution in [3.8, 4) is 5.75 Å². The molecule has 2 aliphatic rings. The lowest BCUT2D eigenvalue weighted by Gasteiger charge is -2.40. The van der Waals surface area contributed by atoms with E-state index in [1.54, 1.807) is 36.3 Å². The van der Waals surface area contributed by atoms with Gasteiger partial charge in [-0.05, 0) is 48.2 Å². The summed E-state index contributed by atoms with van der Waals surface area (Å²) in [6.07, 6.45) is 0.968. The Morgan fingerprint density at radius 2 is 1.80 bits per heavy atom. The largest absolute Gasteiger partial charge is 0.497 e. The highest BCUT2D eigenvalue weighted by molar-refractivity contribution is 6.23. The van der Waals surface area contributed by atoms with Gasteiger partial charge in [0.25, 0.3) is 5.91 Å². The standard InChI is InChI=1S/C29H27N3O3/c1-4-18-12-14-19(15-13-18)23-17-31-28(34)32(20-8-7-9-21(16-20)35-3)27(33)29(31,2)26-25(23)22-10-5-6-11-24(22)30-26/h5-16,23,30H,4,17H2,1-3H3/t23-,29-/m0/s1. The molecule has 35 heavy (non-hydrogen) atoms. The van der Waals surface area contributed by atoms with Crippen LogP contribution in [0, 0.1) is 0 Å². The van der Waals surface area contributed by atoms with Crippen molar-refractivity contribution in [2.24, 2.45) is 0 Å². The average molecular weight is 466 g/mol. The van der Waals surface area contributed by atoms with E-state index in [1.165, 1.54) is 10.5 Å². The third kappa shape index (κ3) is 2.95. The first kappa shape index (κ1) is 21.5. The number of nitrogens with zero attached hydrogens (tertiary/aromatic N) is 2. The summed E-state index contributed by atoms with van der Waals surface area (Å²) in [6.45, 7) is 4.42. The van der Waals surface area contributed by atoms with E-state index in [0.29, 0.717) is 18.0 Å². The van der Waals surface area contributed by atoms with Gasteiger partial charge in [0.05, 0.1) is 18.5 Å². The Morgan fingerprint density at radius 1 is 1.03 bits per heavy atom. The first-order valence-corrected chi connectivity index (χ1v) is 12.0. The van der Waals surface area contributed by atoms with E-state index in [1.807, 2.05) is 25.1 Å². The molecule has 4 aromatic rings. The predicted octanol–water partition coefficient (Wildman–Crippen LogP) is 5.57. The van der Waals surface area contributed by atoms with Crippen LogP contribution < -0.4 is 9.64 Å². The number of H-pyrrole nitrogens is 1. The van der Waals surface area contributed by atoms with Crippen molar-refractivity contribution in [3.63, 3.8) is 0 Å². The number of fused-ring (bicyclic) bond motifs is 5. The number of aromatic amines is 1. The van der Waals surface area contributed by atoms with Gasteiger partial charge in [0.15, 0.2) is 5.54 Å². The molecule has 1 fully saturated rings. The molecule has 0 saturated carbocycles. The summed E-state index contributed by atoms with van der Waals surface area (Å²) in [5.74, 6) is 0.281. The quantitative estimate of drug-likeness (QED) is 0.401. The Kier molecular flexibility index (Phi) is 4.74. The zero-order valence-electron chi connectivity index (χ0n) is 20.0. The Labute approximate surface area is 204 Å². The predicted molar refractivity (Wildman–Crippen MR) is 136 cm³/mol. The van der Waals surface area contributed by atoms with Gasteiger partial charge in [-0.2, -0.15) is 0 Å². The maximum Gasteiger partial charge on any atom is 0.332 e. The molecule has 1 N–H and O–H groups in total. The van der Waals surface area contributed by atoms with E-state index in [2.05, 4.69) is 42.2 Å². The third-order valence-electron chi connectivity index (χ3n) is 7.63. The van der Waals surface area contributed by atoms with Gasteiger partial charge in [0, 0.05) is 29.4 Å². The van der Waals surface area contributed by atoms with Crippen LogP contribution in [0.25, 0.3) is 10.9 Å². The number of carbonyl (C=O) groups excluding carboxylic acids is 2. The van der Waals surface area contributed by atoms with Gasteiger partial charge >= 0.3 is 6.03 Å². The fourth-order valence-corrected chi connectivity index (χ4v) is 5.65. The second-order valence-corrected chi connectivity index (χ2v) is 9.41. The summed E-state index contributed by atoms with van der Waals surface area (Å²) in [4.78, 5) is 34.4. The highest BCUT2D eigenvalue weighted by Gasteiger charge is 2.60. The number of ether oxygens (including phenoxy) is 1. The van der Waals surface area contributed by atoms with Crippen molar-refractivity contribution >= 4 is 28.5 Å². The number of rotatable bonds is 4. The summed E-state index contributed by atoms with van der Waals surface area (Å²) in [5.41, 5.74) is 4.64. The molecule has 0 radical (unpaired) electrons. The van der Waals surface area contributed by atoms with E-state index < -0.39 is 5.54 Å². The number of amides is 3. The van der Waals surface area contributed by atoms with Crippen molar-refractivity contribution in [1.82, 2.24) is 9.88 Å². The summed E-state index contributed by atoms with van der Waals surface area (Å²) in [7, 11) is 1.57. The van der Waals surface area contributed by atoms with Crippen LogP contribution in [0.15, 0.2) is 72.8 Å². The molecule has 0 bridgehead atoms. The lowest BCUT2D eigenvalue weighted by Crippen LogP contribution is -2.50. The van der Waals surface area contributed by atoms with E-state index in [4.69, 9.17) is 4.74 Å². The van der Waals surface area contributed by atoms with Crippen LogP contribution in [0.2, 0.25) is 0 Å². The number of methoxy groups -OCH3 is 1. The van der Waals surface area contributed by atoms with Crippen LogP contribution in [-0.2, 0) is 16.8 Å². The van der Waals surface area contributed by atoms with Crippen LogP contribution in [-0.4, -0.2) is 35.5 Å². The van der Waals surface area contributed by atoms with Gasteiger partial charge in [-0.15, -0.1) is 0 Å². The van der Waals surface area contributed by atoms with Gasteiger partial charge in [0.2, 0.25) is 0 Å². The van der Waals surface area contributed by atoms with E-state index >= 15 is 0 Å². The maximum absolute atomic E-state index is 14.0. The minimum atomic E-state index is -1.13. The molecule has 6 nitrogen and oxygen atoms in total. The summed E-state index contributed by atoms with van der Waals surface area (Å²) >= 11 is 0. The number of para-hydroxylation sites is 1. The second-order valence-electron chi connectivity index (χ2n) is 9.41. The Hall–Kier alpha value is -4.06. The number of urea groups is 1. The zero-order valence-corrected chi connectivity index (χ0v) is 20.0. The fraction of sp³-hybridized carbons (Fsp3) is 0.241. The molecular weight excluding hydrogens is 438 g/mol. The van der Waals surface area contributed by atoms with E-state index in [0.717, 1.165) is 34.1 Å². The molecule has 3 aromatic carbocycles. The number of aryl methyl sites for hydroxylation is 1. The van der Waals surface area contributed by atoms with Gasteiger partial charge < -0.3 is 14.6 Å². The Balaban J connectivity index is 1.55. The third-order valence-corrected chi connectivity index (χ3v) is 7.63. The maximum atomic E-state index is 14.0. The number of hydrogen-bond acceptors (Lipinski definition) is 3. The molecule has 2 atom stereocenters. The van der Waals surface area contributed by atoms with E-state index in [-0.39, 0.29) is 17.9 Å². The van der Waals surface area contributed by atoms with Crippen LogP contribution >= 0.6 is 0 Å². The molecule has 2 aliphatic heterocycles. The van der Waals surface area contributed by atoms with Crippen LogP contribution in [0.5, 0.6) is 5.75 Å². The molecule has 1 aromatic heterocycles. The molecule has 6 rings (SSSR count).